The van der Waals surface area contributed by atoms with Crippen LogP contribution in [0, 0.1) is 12.7 Å². The Morgan fingerprint density at radius 3 is 2.58 bits per heavy atom. The molecule has 1 aromatic carbocycles. The number of benzene rings is 1. The Bertz CT molecular complexity index is 602. The maximum atomic E-state index is 13.2. The van der Waals surface area contributed by atoms with Gasteiger partial charge in [0, 0.05) is 0 Å². The largest absolute Gasteiger partial charge is 0.392 e. The monoisotopic (exact) mass is 304 g/mol. The summed E-state index contributed by atoms with van der Waals surface area (Å²) in [5, 5.41) is 0. The van der Waals surface area contributed by atoms with Crippen molar-refractivity contribution in [1.29, 1.82) is 0 Å². The second kappa shape index (κ2) is 5.52. The fourth-order valence-electron chi connectivity index (χ4n) is 1.51. The Morgan fingerprint density at radius 2 is 2.11 bits per heavy atom. The van der Waals surface area contributed by atoms with Gasteiger partial charge in [0.05, 0.1) is 15.4 Å². The molecule has 0 aliphatic carbocycles. The van der Waals surface area contributed by atoms with Crippen LogP contribution in [0.25, 0.3) is 0 Å². The van der Waals surface area contributed by atoms with Crippen LogP contribution in [0.2, 0.25) is 0 Å². The Labute approximate surface area is 118 Å². The highest BCUT2D eigenvalue weighted by atomic mass is 32.2. The molecular weight excluding hydrogens is 287 g/mol. The molecular formula is C12H17FN2O2S2. The number of rotatable bonds is 5. The van der Waals surface area contributed by atoms with Gasteiger partial charge in [0.25, 0.3) is 0 Å². The average molecular weight is 304 g/mol. The predicted molar refractivity (Wildman–Crippen MR) is 76.9 cm³/mol. The third-order valence-corrected chi connectivity index (χ3v) is 5.24. The van der Waals surface area contributed by atoms with Crippen LogP contribution in [0.3, 0.4) is 0 Å². The number of thiocarbonyl (C=S) groups is 1. The minimum Gasteiger partial charge on any atom is -0.392 e. The summed E-state index contributed by atoms with van der Waals surface area (Å²) in [5.41, 5.74) is 4.98. The van der Waals surface area contributed by atoms with Crippen LogP contribution in [0.1, 0.15) is 25.8 Å². The number of nitrogens with one attached hydrogen (secondary N) is 1. The van der Waals surface area contributed by atoms with Gasteiger partial charge in [-0.1, -0.05) is 25.2 Å². The van der Waals surface area contributed by atoms with E-state index in [1.54, 1.807) is 20.8 Å². The second-order valence-electron chi connectivity index (χ2n) is 4.57. The van der Waals surface area contributed by atoms with Crippen LogP contribution < -0.4 is 10.5 Å². The van der Waals surface area contributed by atoms with Crippen LogP contribution >= 0.6 is 12.2 Å². The van der Waals surface area contributed by atoms with Crippen LogP contribution in [-0.2, 0) is 10.0 Å². The number of hydrogen-bond acceptors (Lipinski definition) is 3. The molecule has 0 bridgehead atoms. The van der Waals surface area contributed by atoms with Crippen molar-refractivity contribution in [2.45, 2.75) is 37.6 Å². The van der Waals surface area contributed by atoms with E-state index in [0.29, 0.717) is 12.0 Å². The molecule has 1 unspecified atom stereocenters. The van der Waals surface area contributed by atoms with Crippen LogP contribution in [0.5, 0.6) is 0 Å². The topological polar surface area (TPSA) is 72.2 Å². The molecule has 106 valence electrons. The average Bonchev–Trinajstić information content (AvgIpc) is 2.31. The fraction of sp³-hybridized carbons (Fsp3) is 0.417. The first-order valence-corrected chi connectivity index (χ1v) is 7.61. The Hall–Kier alpha value is -1.05. The van der Waals surface area contributed by atoms with Gasteiger partial charge in [-0.2, -0.15) is 4.72 Å². The highest BCUT2D eigenvalue weighted by molar-refractivity contribution is 7.89. The van der Waals surface area contributed by atoms with Crippen LogP contribution in [0.15, 0.2) is 23.1 Å². The molecule has 0 aliphatic rings. The quantitative estimate of drug-likeness (QED) is 0.815. The Balaban J connectivity index is 3.26. The first-order chi connectivity index (χ1) is 8.62. The van der Waals surface area contributed by atoms with Gasteiger partial charge in [0.15, 0.2) is 0 Å². The Kier molecular flexibility index (Phi) is 4.65. The van der Waals surface area contributed by atoms with Gasteiger partial charge in [-0.05, 0) is 38.0 Å². The molecule has 4 nitrogen and oxygen atoms in total. The number of hydrogen-bond donors (Lipinski definition) is 2. The van der Waals surface area contributed by atoms with Crippen molar-refractivity contribution in [3.05, 3.63) is 29.6 Å². The van der Waals surface area contributed by atoms with E-state index in [-0.39, 0.29) is 9.88 Å². The van der Waals surface area contributed by atoms with Gasteiger partial charge in [-0.3, -0.25) is 0 Å². The highest BCUT2D eigenvalue weighted by Crippen LogP contribution is 2.20. The predicted octanol–water partition coefficient (Wildman–Crippen LogP) is 1.87. The van der Waals surface area contributed by atoms with E-state index in [2.05, 4.69) is 4.72 Å². The first-order valence-electron chi connectivity index (χ1n) is 5.72. The molecule has 0 spiro atoms. The molecule has 0 fully saturated rings. The normalized spacial score (nSPS) is 14.9. The SMILES string of the molecule is CCC(C)(NS(=O)(=O)c1cc(F)ccc1C)C(N)=S. The highest BCUT2D eigenvalue weighted by Gasteiger charge is 2.32. The molecule has 0 saturated heterocycles. The van der Waals surface area contributed by atoms with Crippen molar-refractivity contribution in [3.8, 4) is 0 Å². The summed E-state index contributed by atoms with van der Waals surface area (Å²) >= 11 is 4.88. The van der Waals surface area contributed by atoms with Gasteiger partial charge >= 0.3 is 0 Å². The molecule has 1 aromatic rings. The lowest BCUT2D eigenvalue weighted by atomic mass is 10.0. The minimum absolute atomic E-state index is 0.0487. The molecule has 19 heavy (non-hydrogen) atoms. The van der Waals surface area contributed by atoms with Gasteiger partial charge in [-0.25, -0.2) is 12.8 Å². The lowest BCUT2D eigenvalue weighted by Gasteiger charge is -2.28. The van der Waals surface area contributed by atoms with E-state index in [1.807, 2.05) is 0 Å². The minimum atomic E-state index is -3.89. The van der Waals surface area contributed by atoms with Crippen LogP contribution in [-0.4, -0.2) is 18.9 Å². The molecule has 0 amide bonds. The van der Waals surface area contributed by atoms with Gasteiger partial charge in [0.1, 0.15) is 5.82 Å². The van der Waals surface area contributed by atoms with Gasteiger partial charge in [-0.15, -0.1) is 0 Å². The van der Waals surface area contributed by atoms with Gasteiger partial charge in [0.2, 0.25) is 10.0 Å². The molecule has 0 aliphatic heterocycles. The van der Waals surface area contributed by atoms with Crippen molar-refractivity contribution in [3.63, 3.8) is 0 Å². The molecule has 0 aromatic heterocycles. The summed E-state index contributed by atoms with van der Waals surface area (Å²) in [6, 6.07) is 3.60. The molecule has 0 radical (unpaired) electrons. The summed E-state index contributed by atoms with van der Waals surface area (Å²) in [4.78, 5) is -0.0592. The maximum Gasteiger partial charge on any atom is 0.241 e. The number of sulfonamides is 1. The molecule has 7 heteroatoms. The summed E-state index contributed by atoms with van der Waals surface area (Å²) in [6.45, 7) is 4.96. The van der Waals surface area contributed by atoms with Crippen molar-refractivity contribution in [2.75, 3.05) is 0 Å². The van der Waals surface area contributed by atoms with Crippen molar-refractivity contribution >= 4 is 27.2 Å². The molecule has 0 saturated carbocycles. The number of halogens is 1. The summed E-state index contributed by atoms with van der Waals surface area (Å²) in [5.74, 6) is -0.612. The number of aryl methyl sites for hydroxylation is 1. The zero-order valence-electron chi connectivity index (χ0n) is 11.0. The van der Waals surface area contributed by atoms with Gasteiger partial charge < -0.3 is 5.73 Å². The zero-order chi connectivity index (χ0) is 14.8. The lowest BCUT2D eigenvalue weighted by Crippen LogP contribution is -2.53. The van der Waals surface area contributed by atoms with Crippen LogP contribution in [0.4, 0.5) is 4.39 Å². The summed E-state index contributed by atoms with van der Waals surface area (Å²) in [7, 11) is -3.89. The Morgan fingerprint density at radius 1 is 1.53 bits per heavy atom. The van der Waals surface area contributed by atoms with Crippen molar-refractivity contribution in [1.82, 2.24) is 4.72 Å². The second-order valence-corrected chi connectivity index (χ2v) is 6.66. The van der Waals surface area contributed by atoms with Crippen molar-refractivity contribution < 1.29 is 12.8 Å². The van der Waals surface area contributed by atoms with Crippen molar-refractivity contribution in [2.24, 2.45) is 5.73 Å². The molecule has 0 heterocycles. The summed E-state index contributed by atoms with van der Waals surface area (Å²) < 4.78 is 40.2. The van der Waals surface area contributed by atoms with E-state index in [1.165, 1.54) is 12.1 Å². The van der Waals surface area contributed by atoms with E-state index in [4.69, 9.17) is 18.0 Å². The zero-order valence-corrected chi connectivity index (χ0v) is 12.7. The van der Waals surface area contributed by atoms with E-state index >= 15 is 0 Å². The van der Waals surface area contributed by atoms with E-state index in [0.717, 1.165) is 6.07 Å². The lowest BCUT2D eigenvalue weighted by molar-refractivity contribution is 0.510. The molecule has 3 N–H and O–H groups in total. The maximum absolute atomic E-state index is 13.2. The molecule has 1 rings (SSSR count). The van der Waals surface area contributed by atoms with E-state index < -0.39 is 21.4 Å². The fourth-order valence-corrected chi connectivity index (χ4v) is 3.49. The smallest absolute Gasteiger partial charge is 0.241 e. The summed E-state index contributed by atoms with van der Waals surface area (Å²) in [6.07, 6.45) is 0.399. The number of nitrogens with two attached hydrogens (primary N) is 1. The third-order valence-electron chi connectivity index (χ3n) is 3.05. The first kappa shape index (κ1) is 16.0. The standard InChI is InChI=1S/C12H17FN2O2S2/c1-4-12(3,11(14)18)15-19(16,17)10-7-9(13)6-5-8(10)2/h5-7,15H,4H2,1-3H3,(H2,14,18). The molecule has 1 atom stereocenters. The third kappa shape index (κ3) is 3.49. The van der Waals surface area contributed by atoms with E-state index in [9.17, 15) is 12.8 Å².